The van der Waals surface area contributed by atoms with Crippen LogP contribution in [-0.2, 0) is 0 Å². The van der Waals surface area contributed by atoms with E-state index in [0.717, 1.165) is 0 Å². The average Bonchev–Trinajstić information content (AvgIpc) is 2.97. The first-order chi connectivity index (χ1) is 12.0. The molecule has 0 N–H and O–H groups in total. The zero-order valence-corrected chi connectivity index (χ0v) is 14.5. The zero-order chi connectivity index (χ0) is 18.0. The van der Waals surface area contributed by atoms with E-state index in [9.17, 15) is 9.59 Å². The van der Waals surface area contributed by atoms with Crippen molar-refractivity contribution in [2.75, 3.05) is 0 Å². The molecule has 25 heavy (non-hydrogen) atoms. The Bertz CT molecular complexity index is 928. The maximum atomic E-state index is 12.6. The number of nitrogens with zero attached hydrogens (tertiary/aromatic N) is 1. The Kier molecular flexibility index (Phi) is 4.88. The molecule has 0 saturated heterocycles. The van der Waals surface area contributed by atoms with Gasteiger partial charge in [-0.1, -0.05) is 34.4 Å². The van der Waals surface area contributed by atoms with Gasteiger partial charge in [-0.3, -0.25) is 4.79 Å². The SMILES string of the molecule is Cc1onc(-c2c(Cl)cccc2Cl)c1C(=O)Oc1ccc(C=O)cc1. The van der Waals surface area contributed by atoms with E-state index in [2.05, 4.69) is 5.16 Å². The van der Waals surface area contributed by atoms with Gasteiger partial charge in [0.25, 0.3) is 0 Å². The van der Waals surface area contributed by atoms with Gasteiger partial charge in [0.15, 0.2) is 0 Å². The van der Waals surface area contributed by atoms with Gasteiger partial charge in [0.05, 0.1) is 10.0 Å². The molecule has 7 heteroatoms. The van der Waals surface area contributed by atoms with E-state index in [1.807, 2.05) is 0 Å². The minimum Gasteiger partial charge on any atom is -0.423 e. The third-order valence-electron chi connectivity index (χ3n) is 3.49. The molecule has 0 bridgehead atoms. The summed E-state index contributed by atoms with van der Waals surface area (Å²) in [6.45, 7) is 1.59. The molecule has 0 amide bonds. The van der Waals surface area contributed by atoms with Crippen molar-refractivity contribution in [3.8, 4) is 17.0 Å². The topological polar surface area (TPSA) is 69.4 Å². The van der Waals surface area contributed by atoms with Crippen LogP contribution in [-0.4, -0.2) is 17.4 Å². The Morgan fingerprint density at radius 2 is 1.76 bits per heavy atom. The van der Waals surface area contributed by atoms with E-state index in [0.29, 0.717) is 27.5 Å². The standard InChI is InChI=1S/C18H11Cl2NO4/c1-10-15(18(23)24-12-7-5-11(9-22)6-8-12)17(21-25-10)16-13(19)3-2-4-14(16)20/h2-9H,1H3. The molecule has 126 valence electrons. The second-order valence-electron chi connectivity index (χ2n) is 5.14. The molecule has 3 rings (SSSR count). The Balaban J connectivity index is 1.98. The zero-order valence-electron chi connectivity index (χ0n) is 13.0. The Hall–Kier alpha value is -2.63. The van der Waals surface area contributed by atoms with Gasteiger partial charge < -0.3 is 9.26 Å². The largest absolute Gasteiger partial charge is 0.423 e. The third-order valence-corrected chi connectivity index (χ3v) is 4.12. The first-order valence-electron chi connectivity index (χ1n) is 7.19. The molecule has 3 aromatic rings. The van der Waals surface area contributed by atoms with Gasteiger partial charge in [0.1, 0.15) is 29.1 Å². The first kappa shape index (κ1) is 17.2. The van der Waals surface area contributed by atoms with Crippen LogP contribution in [0.1, 0.15) is 26.5 Å². The molecule has 5 nitrogen and oxygen atoms in total. The first-order valence-corrected chi connectivity index (χ1v) is 7.95. The number of rotatable bonds is 4. The van der Waals surface area contributed by atoms with Crippen molar-refractivity contribution < 1.29 is 18.8 Å². The summed E-state index contributed by atoms with van der Waals surface area (Å²) in [6.07, 6.45) is 0.702. The van der Waals surface area contributed by atoms with E-state index in [1.54, 1.807) is 37.3 Å². The van der Waals surface area contributed by atoms with Gasteiger partial charge in [-0.2, -0.15) is 0 Å². The summed E-state index contributed by atoms with van der Waals surface area (Å²) in [6, 6.07) is 11.1. The number of hydrogen-bond acceptors (Lipinski definition) is 5. The minimum atomic E-state index is -0.663. The molecule has 0 aliphatic carbocycles. The van der Waals surface area contributed by atoms with Crippen molar-refractivity contribution in [1.82, 2.24) is 5.16 Å². The van der Waals surface area contributed by atoms with Gasteiger partial charge in [-0.25, -0.2) is 4.79 Å². The second kappa shape index (κ2) is 7.09. The predicted octanol–water partition coefficient (Wildman–Crippen LogP) is 4.99. The molecule has 2 aromatic carbocycles. The smallest absolute Gasteiger partial charge is 0.349 e. The van der Waals surface area contributed by atoms with Gasteiger partial charge in [0.2, 0.25) is 0 Å². The van der Waals surface area contributed by atoms with Gasteiger partial charge in [-0.15, -0.1) is 0 Å². The molecule has 0 radical (unpaired) electrons. The highest BCUT2D eigenvalue weighted by molar-refractivity contribution is 6.39. The number of aldehydes is 1. The van der Waals surface area contributed by atoms with Crippen molar-refractivity contribution in [3.63, 3.8) is 0 Å². The summed E-state index contributed by atoms with van der Waals surface area (Å²) in [7, 11) is 0. The number of carbonyl (C=O) groups is 2. The molecule has 0 aliphatic rings. The van der Waals surface area contributed by atoms with Crippen LogP contribution in [0.4, 0.5) is 0 Å². The molecule has 0 saturated carbocycles. The van der Waals surface area contributed by atoms with Crippen molar-refractivity contribution >= 4 is 35.5 Å². The summed E-state index contributed by atoms with van der Waals surface area (Å²) in [5.41, 5.74) is 1.22. The lowest BCUT2D eigenvalue weighted by molar-refractivity contribution is 0.0733. The average molecular weight is 376 g/mol. The third kappa shape index (κ3) is 3.43. The van der Waals surface area contributed by atoms with Gasteiger partial charge in [-0.05, 0) is 43.3 Å². The molecule has 0 unspecified atom stereocenters. The number of benzene rings is 2. The maximum absolute atomic E-state index is 12.6. The molecule has 0 fully saturated rings. The number of hydrogen-bond donors (Lipinski definition) is 0. The van der Waals surface area contributed by atoms with Crippen molar-refractivity contribution in [3.05, 3.63) is 69.4 Å². The summed E-state index contributed by atoms with van der Waals surface area (Å²) >= 11 is 12.4. The van der Waals surface area contributed by atoms with Gasteiger partial charge in [0, 0.05) is 11.1 Å². The summed E-state index contributed by atoms with van der Waals surface area (Å²) in [5.74, 6) is -0.100. The summed E-state index contributed by atoms with van der Waals surface area (Å²) < 4.78 is 10.5. The fraction of sp³-hybridized carbons (Fsp3) is 0.0556. The molecular formula is C18H11Cl2NO4. The Labute approximate surface area is 153 Å². The quantitative estimate of drug-likeness (QED) is 0.365. The lowest BCUT2D eigenvalue weighted by Gasteiger charge is -2.07. The Morgan fingerprint density at radius 1 is 1.12 bits per heavy atom. The van der Waals surface area contributed by atoms with Crippen LogP contribution in [0.15, 0.2) is 47.0 Å². The van der Waals surface area contributed by atoms with Crippen LogP contribution in [0, 0.1) is 6.92 Å². The van der Waals surface area contributed by atoms with Gasteiger partial charge >= 0.3 is 5.97 Å². The van der Waals surface area contributed by atoms with E-state index in [4.69, 9.17) is 32.5 Å². The fourth-order valence-corrected chi connectivity index (χ4v) is 2.86. The summed E-state index contributed by atoms with van der Waals surface area (Å²) in [4.78, 5) is 23.3. The maximum Gasteiger partial charge on any atom is 0.349 e. The molecule has 0 atom stereocenters. The monoisotopic (exact) mass is 375 g/mol. The molecular weight excluding hydrogens is 365 g/mol. The Morgan fingerprint density at radius 3 is 2.36 bits per heavy atom. The van der Waals surface area contributed by atoms with Crippen LogP contribution in [0.25, 0.3) is 11.3 Å². The lowest BCUT2D eigenvalue weighted by Crippen LogP contribution is -2.10. The number of carbonyl (C=O) groups excluding carboxylic acids is 2. The normalized spacial score (nSPS) is 10.5. The fourth-order valence-electron chi connectivity index (χ4n) is 2.28. The number of ether oxygens (including phenoxy) is 1. The number of esters is 1. The van der Waals surface area contributed by atoms with Crippen LogP contribution in [0.5, 0.6) is 5.75 Å². The van der Waals surface area contributed by atoms with E-state index < -0.39 is 5.97 Å². The molecule has 0 spiro atoms. The van der Waals surface area contributed by atoms with Crippen molar-refractivity contribution in [2.45, 2.75) is 6.92 Å². The number of aromatic nitrogens is 1. The highest BCUT2D eigenvalue weighted by atomic mass is 35.5. The predicted molar refractivity (Wildman–Crippen MR) is 93.5 cm³/mol. The highest BCUT2D eigenvalue weighted by Gasteiger charge is 2.26. The molecule has 1 aromatic heterocycles. The van der Waals surface area contributed by atoms with E-state index in [1.165, 1.54) is 12.1 Å². The van der Waals surface area contributed by atoms with Crippen LogP contribution in [0.2, 0.25) is 10.0 Å². The number of halogens is 2. The minimum absolute atomic E-state index is 0.134. The van der Waals surface area contributed by atoms with Crippen LogP contribution >= 0.6 is 23.2 Å². The van der Waals surface area contributed by atoms with E-state index >= 15 is 0 Å². The van der Waals surface area contributed by atoms with Crippen molar-refractivity contribution in [1.29, 1.82) is 0 Å². The number of aryl methyl sites for hydroxylation is 1. The summed E-state index contributed by atoms with van der Waals surface area (Å²) in [5, 5.41) is 4.58. The van der Waals surface area contributed by atoms with Crippen LogP contribution in [0.3, 0.4) is 0 Å². The molecule has 0 aliphatic heterocycles. The second-order valence-corrected chi connectivity index (χ2v) is 5.95. The molecule has 1 heterocycles. The van der Waals surface area contributed by atoms with Crippen LogP contribution < -0.4 is 4.74 Å². The van der Waals surface area contributed by atoms with Crippen molar-refractivity contribution in [2.24, 2.45) is 0 Å². The highest BCUT2D eigenvalue weighted by Crippen LogP contribution is 2.37. The lowest BCUT2D eigenvalue weighted by atomic mass is 10.1. The van der Waals surface area contributed by atoms with E-state index in [-0.39, 0.29) is 22.8 Å².